The molecular formula is C24H26N4O4. The number of fused-ring (bicyclic) bond motifs is 2. The van der Waals surface area contributed by atoms with Crippen molar-refractivity contribution in [2.75, 3.05) is 40.5 Å². The molecule has 0 bridgehead atoms. The second-order valence-corrected chi connectivity index (χ2v) is 7.83. The minimum Gasteiger partial charge on any atom is -0.493 e. The summed E-state index contributed by atoms with van der Waals surface area (Å²) < 4.78 is 18.6. The molecular weight excluding hydrogens is 408 g/mol. The van der Waals surface area contributed by atoms with Gasteiger partial charge >= 0.3 is 0 Å². The number of carbonyl (C=O) groups is 1. The fourth-order valence-electron chi connectivity index (χ4n) is 4.31. The summed E-state index contributed by atoms with van der Waals surface area (Å²) in [5.74, 6) is 1.47. The number of hydrogen-bond donors (Lipinski definition) is 1. The molecule has 1 N–H and O–H groups in total. The zero-order chi connectivity index (χ0) is 22.1. The average molecular weight is 434 g/mol. The summed E-state index contributed by atoms with van der Waals surface area (Å²) >= 11 is 0. The van der Waals surface area contributed by atoms with E-state index in [1.165, 1.54) is 0 Å². The molecule has 1 aliphatic heterocycles. The maximum atomic E-state index is 12.7. The van der Waals surface area contributed by atoms with Gasteiger partial charge in [-0.25, -0.2) is 4.98 Å². The molecule has 166 valence electrons. The molecule has 1 amide bonds. The Morgan fingerprint density at radius 3 is 2.69 bits per heavy atom. The number of methoxy groups -OCH3 is 2. The van der Waals surface area contributed by atoms with Crippen LogP contribution in [0, 0.1) is 0 Å². The zero-order valence-electron chi connectivity index (χ0n) is 18.3. The Balaban J connectivity index is 1.55. The lowest BCUT2D eigenvalue weighted by molar-refractivity contribution is -0.135. The lowest BCUT2D eigenvalue weighted by Gasteiger charge is -2.27. The third-order valence-corrected chi connectivity index (χ3v) is 6.00. The Labute approximate surface area is 185 Å². The summed E-state index contributed by atoms with van der Waals surface area (Å²) in [4.78, 5) is 22.4. The molecule has 4 heterocycles. The lowest BCUT2D eigenvalue weighted by atomic mass is 10.1. The van der Waals surface area contributed by atoms with E-state index in [9.17, 15) is 4.79 Å². The second-order valence-electron chi connectivity index (χ2n) is 7.83. The number of aryl methyl sites for hydroxylation is 1. The first-order valence-electron chi connectivity index (χ1n) is 10.7. The molecule has 1 fully saturated rings. The molecule has 32 heavy (non-hydrogen) atoms. The van der Waals surface area contributed by atoms with Crippen LogP contribution in [-0.4, -0.2) is 65.9 Å². The number of aromatic amines is 1. The minimum atomic E-state index is 0.145. The first-order valence-corrected chi connectivity index (χ1v) is 10.7. The average Bonchev–Trinajstić information content (AvgIpc) is 3.43. The highest BCUT2D eigenvalue weighted by Crippen LogP contribution is 2.39. The van der Waals surface area contributed by atoms with E-state index in [0.29, 0.717) is 50.8 Å². The van der Waals surface area contributed by atoms with Crippen LogP contribution in [0.3, 0.4) is 0 Å². The number of aromatic nitrogens is 3. The maximum absolute atomic E-state index is 12.7. The third kappa shape index (κ3) is 3.67. The van der Waals surface area contributed by atoms with Crippen molar-refractivity contribution in [3.63, 3.8) is 0 Å². The highest BCUT2D eigenvalue weighted by Gasteiger charge is 2.20. The SMILES string of the molecule is COc1cc2c(-c3cc4cccnc4[nH]3)cn(CCC(=O)N3CCOCC3)c2cc1OC. The van der Waals surface area contributed by atoms with E-state index in [2.05, 4.69) is 26.8 Å². The number of carbonyl (C=O) groups excluding carboxylic acids is 1. The largest absolute Gasteiger partial charge is 0.493 e. The van der Waals surface area contributed by atoms with Gasteiger partial charge in [-0.1, -0.05) is 0 Å². The van der Waals surface area contributed by atoms with Gasteiger partial charge in [-0.3, -0.25) is 4.79 Å². The predicted molar refractivity (Wildman–Crippen MR) is 122 cm³/mol. The van der Waals surface area contributed by atoms with Crippen LogP contribution in [0.25, 0.3) is 33.2 Å². The van der Waals surface area contributed by atoms with E-state index in [0.717, 1.165) is 33.2 Å². The van der Waals surface area contributed by atoms with Crippen molar-refractivity contribution in [3.8, 4) is 22.8 Å². The van der Waals surface area contributed by atoms with E-state index in [4.69, 9.17) is 14.2 Å². The van der Waals surface area contributed by atoms with Crippen LogP contribution in [0.15, 0.2) is 42.7 Å². The molecule has 1 saturated heterocycles. The van der Waals surface area contributed by atoms with Crippen molar-refractivity contribution in [1.29, 1.82) is 0 Å². The lowest BCUT2D eigenvalue weighted by Crippen LogP contribution is -2.40. The number of ether oxygens (including phenoxy) is 3. The van der Waals surface area contributed by atoms with Gasteiger partial charge in [0.05, 0.1) is 33.0 Å². The van der Waals surface area contributed by atoms with Crippen LogP contribution < -0.4 is 9.47 Å². The summed E-state index contributed by atoms with van der Waals surface area (Å²) in [6.07, 6.45) is 4.28. The fourth-order valence-corrected chi connectivity index (χ4v) is 4.31. The van der Waals surface area contributed by atoms with Crippen LogP contribution in [-0.2, 0) is 16.1 Å². The number of nitrogens with zero attached hydrogens (tertiary/aromatic N) is 3. The van der Waals surface area contributed by atoms with Gasteiger partial charge in [0.25, 0.3) is 0 Å². The van der Waals surface area contributed by atoms with Gasteiger partial charge in [-0.15, -0.1) is 0 Å². The molecule has 8 nitrogen and oxygen atoms in total. The summed E-state index contributed by atoms with van der Waals surface area (Å²) in [5, 5.41) is 2.07. The molecule has 5 rings (SSSR count). The van der Waals surface area contributed by atoms with Gasteiger partial charge in [-0.05, 0) is 24.3 Å². The Bertz CT molecular complexity index is 1240. The number of pyridine rings is 1. The monoisotopic (exact) mass is 434 g/mol. The number of morpholine rings is 1. The molecule has 8 heteroatoms. The summed E-state index contributed by atoms with van der Waals surface area (Å²) in [6.45, 7) is 3.09. The van der Waals surface area contributed by atoms with Gasteiger partial charge in [0.15, 0.2) is 11.5 Å². The number of nitrogens with one attached hydrogen (secondary N) is 1. The quantitative estimate of drug-likeness (QED) is 0.503. The molecule has 0 atom stereocenters. The number of amides is 1. The third-order valence-electron chi connectivity index (χ3n) is 6.00. The Kier molecular flexibility index (Phi) is 5.45. The molecule has 0 unspecified atom stereocenters. The molecule has 0 saturated carbocycles. The molecule has 4 aromatic rings. The molecule has 3 aromatic heterocycles. The molecule has 0 aliphatic carbocycles. The molecule has 1 aromatic carbocycles. The van der Waals surface area contributed by atoms with Crippen LogP contribution in [0.5, 0.6) is 11.5 Å². The van der Waals surface area contributed by atoms with E-state index < -0.39 is 0 Å². The summed E-state index contributed by atoms with van der Waals surface area (Å²) in [7, 11) is 3.26. The van der Waals surface area contributed by atoms with Gasteiger partial charge < -0.3 is 28.7 Å². The minimum absolute atomic E-state index is 0.145. The Morgan fingerprint density at radius 2 is 1.94 bits per heavy atom. The van der Waals surface area contributed by atoms with Gasteiger partial charge in [0.2, 0.25) is 5.91 Å². The first-order chi connectivity index (χ1) is 15.7. The summed E-state index contributed by atoms with van der Waals surface area (Å²) in [5.41, 5.74) is 3.82. The highest BCUT2D eigenvalue weighted by molar-refractivity contribution is 5.99. The van der Waals surface area contributed by atoms with Gasteiger partial charge in [0, 0.05) is 66.5 Å². The van der Waals surface area contributed by atoms with Crippen molar-refractivity contribution in [2.24, 2.45) is 0 Å². The summed E-state index contributed by atoms with van der Waals surface area (Å²) in [6, 6.07) is 10.0. The van der Waals surface area contributed by atoms with E-state index >= 15 is 0 Å². The van der Waals surface area contributed by atoms with E-state index in [1.807, 2.05) is 29.2 Å². The van der Waals surface area contributed by atoms with Crippen LogP contribution in [0.4, 0.5) is 0 Å². The van der Waals surface area contributed by atoms with Crippen LogP contribution in [0.2, 0.25) is 0 Å². The number of hydrogen-bond acceptors (Lipinski definition) is 5. The van der Waals surface area contributed by atoms with Crippen molar-refractivity contribution < 1.29 is 19.0 Å². The number of benzene rings is 1. The molecule has 0 radical (unpaired) electrons. The first kappa shape index (κ1) is 20.4. The Morgan fingerprint density at radius 1 is 1.16 bits per heavy atom. The maximum Gasteiger partial charge on any atom is 0.224 e. The predicted octanol–water partition coefficient (Wildman–Crippen LogP) is 3.45. The van der Waals surface area contributed by atoms with Crippen molar-refractivity contribution in [3.05, 3.63) is 42.7 Å². The van der Waals surface area contributed by atoms with Gasteiger partial charge in [0.1, 0.15) is 5.65 Å². The fraction of sp³-hybridized carbons (Fsp3) is 0.333. The number of rotatable bonds is 6. The highest BCUT2D eigenvalue weighted by atomic mass is 16.5. The molecule has 0 spiro atoms. The zero-order valence-corrected chi connectivity index (χ0v) is 18.3. The smallest absolute Gasteiger partial charge is 0.224 e. The van der Waals surface area contributed by atoms with Crippen molar-refractivity contribution in [2.45, 2.75) is 13.0 Å². The van der Waals surface area contributed by atoms with E-state index in [-0.39, 0.29) is 5.91 Å². The van der Waals surface area contributed by atoms with E-state index in [1.54, 1.807) is 20.4 Å². The normalized spacial score (nSPS) is 14.2. The molecule has 1 aliphatic rings. The number of H-pyrrole nitrogens is 1. The standard InChI is InChI=1S/C24H26N4O4/c1-30-21-13-17-18(19-12-16-4-3-6-25-24(16)26-19)15-28(20(17)14-22(21)31-2)7-5-23(29)27-8-10-32-11-9-27/h3-4,6,12-15H,5,7-11H2,1-2H3,(H,25,26). The van der Waals surface area contributed by atoms with Crippen molar-refractivity contribution in [1.82, 2.24) is 19.4 Å². The Hall–Kier alpha value is -3.52. The second kappa shape index (κ2) is 8.55. The van der Waals surface area contributed by atoms with Gasteiger partial charge in [-0.2, -0.15) is 0 Å². The van der Waals surface area contributed by atoms with Crippen LogP contribution in [0.1, 0.15) is 6.42 Å². The van der Waals surface area contributed by atoms with Crippen LogP contribution >= 0.6 is 0 Å². The van der Waals surface area contributed by atoms with Crippen molar-refractivity contribution >= 4 is 27.8 Å². The topological polar surface area (TPSA) is 81.6 Å².